The number of halogens is 2. The highest BCUT2D eigenvalue weighted by Crippen LogP contribution is 2.56. The molecule has 1 amide bonds. The number of carbonyl (C=O) groups is 1. The van der Waals surface area contributed by atoms with Gasteiger partial charge < -0.3 is 15.2 Å². The Morgan fingerprint density at radius 3 is 2.71 bits per heavy atom. The largest absolute Gasteiger partial charge is 0.383 e. The van der Waals surface area contributed by atoms with Gasteiger partial charge in [-0.05, 0) is 36.1 Å². The zero-order chi connectivity index (χ0) is 15.0. The highest BCUT2D eigenvalue weighted by Gasteiger charge is 2.58. The van der Waals surface area contributed by atoms with E-state index >= 15 is 0 Å². The van der Waals surface area contributed by atoms with Crippen molar-refractivity contribution in [1.29, 1.82) is 0 Å². The van der Waals surface area contributed by atoms with Gasteiger partial charge in [0.25, 0.3) is 0 Å². The summed E-state index contributed by atoms with van der Waals surface area (Å²) in [4.78, 5) is 12.0. The normalized spacial score (nSPS) is 28.0. The molecule has 0 bridgehead atoms. The number of hydrogen-bond acceptors (Lipinski definition) is 3. The lowest BCUT2D eigenvalue weighted by Crippen LogP contribution is -2.39. The number of aliphatic hydroxyl groups excluding tert-OH is 1. The Hall–Kier alpha value is -0.810. The van der Waals surface area contributed by atoms with Gasteiger partial charge >= 0.3 is 0 Å². The summed E-state index contributed by atoms with van der Waals surface area (Å²) < 4.78 is 5.38. The predicted octanol–water partition coefficient (Wildman–Crippen LogP) is 2.05. The van der Waals surface area contributed by atoms with E-state index in [1.165, 1.54) is 0 Å². The standard InChI is InChI=1S/C15H17Cl2NO3/c16-11-1-9(2-12(17)4-11)3-13(19)14(20)18-7-15-5-10(15)6-21-8-15/h1-2,4,10,13,19H,3,5-8H2,(H,18,20)/t10-,13?,15-/m0/s1. The average Bonchev–Trinajstić information content (AvgIpc) is 2.96. The van der Waals surface area contributed by atoms with Crippen LogP contribution < -0.4 is 5.32 Å². The van der Waals surface area contributed by atoms with Crippen molar-refractivity contribution in [2.75, 3.05) is 19.8 Å². The molecule has 114 valence electrons. The van der Waals surface area contributed by atoms with E-state index in [1.54, 1.807) is 18.2 Å². The summed E-state index contributed by atoms with van der Waals surface area (Å²) in [6.45, 7) is 2.07. The lowest BCUT2D eigenvalue weighted by molar-refractivity contribution is -0.129. The van der Waals surface area contributed by atoms with Gasteiger partial charge in [0, 0.05) is 28.4 Å². The van der Waals surface area contributed by atoms with E-state index < -0.39 is 6.10 Å². The Bertz CT molecular complexity index is 546. The maximum Gasteiger partial charge on any atom is 0.249 e. The molecule has 0 spiro atoms. The summed E-state index contributed by atoms with van der Waals surface area (Å²) in [6.07, 6.45) is 0.197. The lowest BCUT2D eigenvalue weighted by Gasteiger charge is -2.15. The minimum atomic E-state index is -1.10. The van der Waals surface area contributed by atoms with Crippen LogP contribution >= 0.6 is 23.2 Å². The lowest BCUT2D eigenvalue weighted by atomic mass is 10.1. The average molecular weight is 330 g/mol. The molecule has 1 aromatic carbocycles. The van der Waals surface area contributed by atoms with Crippen LogP contribution in [0.25, 0.3) is 0 Å². The molecule has 2 N–H and O–H groups in total. The van der Waals surface area contributed by atoms with E-state index in [4.69, 9.17) is 27.9 Å². The SMILES string of the molecule is O=C(NC[C@@]12COC[C@@H]1C2)C(O)Cc1cc(Cl)cc(Cl)c1. The molecule has 3 atom stereocenters. The highest BCUT2D eigenvalue weighted by atomic mass is 35.5. The quantitative estimate of drug-likeness (QED) is 0.869. The first-order valence-corrected chi connectivity index (χ1v) is 7.73. The molecule has 1 saturated heterocycles. The van der Waals surface area contributed by atoms with Crippen LogP contribution in [0.2, 0.25) is 10.0 Å². The van der Waals surface area contributed by atoms with Gasteiger partial charge in [0.1, 0.15) is 6.10 Å². The summed E-state index contributed by atoms with van der Waals surface area (Å²) in [6, 6.07) is 5.01. The number of ether oxygens (including phenoxy) is 1. The summed E-state index contributed by atoms with van der Waals surface area (Å²) >= 11 is 11.8. The zero-order valence-electron chi connectivity index (χ0n) is 11.4. The number of nitrogens with one attached hydrogen (secondary N) is 1. The topological polar surface area (TPSA) is 58.6 Å². The summed E-state index contributed by atoms with van der Waals surface area (Å²) in [7, 11) is 0. The second kappa shape index (κ2) is 5.76. The highest BCUT2D eigenvalue weighted by molar-refractivity contribution is 6.34. The third kappa shape index (κ3) is 3.34. The number of fused-ring (bicyclic) bond motifs is 1. The Balaban J connectivity index is 1.52. The minimum Gasteiger partial charge on any atom is -0.383 e. The van der Waals surface area contributed by atoms with Crippen LogP contribution in [0.15, 0.2) is 18.2 Å². The van der Waals surface area contributed by atoms with Gasteiger partial charge in [-0.1, -0.05) is 23.2 Å². The fourth-order valence-electron chi connectivity index (χ4n) is 2.94. The number of rotatable bonds is 5. The molecule has 21 heavy (non-hydrogen) atoms. The fourth-order valence-corrected chi connectivity index (χ4v) is 3.51. The summed E-state index contributed by atoms with van der Waals surface area (Å²) in [5.41, 5.74) is 0.858. The van der Waals surface area contributed by atoms with Gasteiger partial charge in [-0.15, -0.1) is 0 Å². The monoisotopic (exact) mass is 329 g/mol. The first kappa shape index (κ1) is 15.1. The molecular formula is C15H17Cl2NO3. The van der Waals surface area contributed by atoms with Gasteiger partial charge in [-0.25, -0.2) is 0 Å². The van der Waals surface area contributed by atoms with Crippen LogP contribution in [-0.2, 0) is 16.0 Å². The van der Waals surface area contributed by atoms with E-state index in [-0.39, 0.29) is 17.7 Å². The van der Waals surface area contributed by atoms with Crippen LogP contribution in [0.1, 0.15) is 12.0 Å². The third-order valence-corrected chi connectivity index (χ3v) is 4.77. The van der Waals surface area contributed by atoms with Crippen molar-refractivity contribution >= 4 is 29.1 Å². The van der Waals surface area contributed by atoms with Crippen LogP contribution in [0.3, 0.4) is 0 Å². The van der Waals surface area contributed by atoms with Gasteiger partial charge in [0.15, 0.2) is 0 Å². The van der Waals surface area contributed by atoms with E-state index in [9.17, 15) is 9.90 Å². The van der Waals surface area contributed by atoms with Gasteiger partial charge in [-0.2, -0.15) is 0 Å². The fraction of sp³-hybridized carbons (Fsp3) is 0.533. The number of amides is 1. The van der Waals surface area contributed by atoms with Crippen molar-refractivity contribution in [1.82, 2.24) is 5.32 Å². The first-order valence-electron chi connectivity index (χ1n) is 6.97. The molecule has 1 heterocycles. The molecule has 1 aliphatic carbocycles. The van der Waals surface area contributed by atoms with Crippen molar-refractivity contribution in [3.05, 3.63) is 33.8 Å². The minimum absolute atomic E-state index is 0.120. The molecule has 2 fully saturated rings. The Morgan fingerprint density at radius 2 is 2.14 bits per heavy atom. The molecule has 1 unspecified atom stereocenters. The van der Waals surface area contributed by atoms with Crippen molar-refractivity contribution < 1.29 is 14.6 Å². The van der Waals surface area contributed by atoms with E-state index in [1.807, 2.05) is 0 Å². The Labute approximate surface area is 133 Å². The molecule has 1 aliphatic heterocycles. The number of hydrogen-bond donors (Lipinski definition) is 2. The predicted molar refractivity (Wildman–Crippen MR) is 80.5 cm³/mol. The molecule has 1 saturated carbocycles. The van der Waals surface area contributed by atoms with E-state index in [0.717, 1.165) is 18.6 Å². The maximum atomic E-state index is 12.0. The molecule has 0 radical (unpaired) electrons. The van der Waals surface area contributed by atoms with Crippen molar-refractivity contribution in [3.8, 4) is 0 Å². The van der Waals surface area contributed by atoms with Crippen molar-refractivity contribution in [2.45, 2.75) is 18.9 Å². The molecule has 6 heteroatoms. The van der Waals surface area contributed by atoms with Crippen molar-refractivity contribution in [2.24, 2.45) is 11.3 Å². The molecule has 0 aromatic heterocycles. The Kier molecular flexibility index (Phi) is 4.14. The smallest absolute Gasteiger partial charge is 0.249 e. The second-order valence-corrected chi connectivity index (χ2v) is 6.87. The van der Waals surface area contributed by atoms with E-state index in [2.05, 4.69) is 5.32 Å². The molecular weight excluding hydrogens is 313 g/mol. The van der Waals surface area contributed by atoms with Gasteiger partial charge in [-0.3, -0.25) is 4.79 Å². The number of benzene rings is 1. The number of aliphatic hydroxyl groups is 1. The van der Waals surface area contributed by atoms with Crippen molar-refractivity contribution in [3.63, 3.8) is 0 Å². The molecule has 3 rings (SSSR count). The zero-order valence-corrected chi connectivity index (χ0v) is 13.0. The van der Waals surface area contributed by atoms with Gasteiger partial charge in [0.2, 0.25) is 5.91 Å². The molecule has 2 aliphatic rings. The van der Waals surface area contributed by atoms with E-state index in [0.29, 0.717) is 29.1 Å². The summed E-state index contributed by atoms with van der Waals surface area (Å²) in [5.74, 6) is 0.208. The third-order valence-electron chi connectivity index (χ3n) is 4.34. The molecule has 4 nitrogen and oxygen atoms in total. The Morgan fingerprint density at radius 1 is 1.43 bits per heavy atom. The van der Waals surface area contributed by atoms with Crippen LogP contribution in [0.4, 0.5) is 0 Å². The van der Waals surface area contributed by atoms with Crippen LogP contribution in [0, 0.1) is 11.3 Å². The number of carbonyl (C=O) groups excluding carboxylic acids is 1. The van der Waals surface area contributed by atoms with Gasteiger partial charge in [0.05, 0.1) is 13.2 Å². The first-order chi connectivity index (χ1) is 9.98. The molecule has 1 aromatic rings. The van der Waals surface area contributed by atoms with Crippen LogP contribution in [-0.4, -0.2) is 36.9 Å². The second-order valence-electron chi connectivity index (χ2n) is 5.99. The summed E-state index contributed by atoms with van der Waals surface area (Å²) in [5, 5.41) is 13.8. The van der Waals surface area contributed by atoms with Crippen LogP contribution in [0.5, 0.6) is 0 Å². The maximum absolute atomic E-state index is 12.0.